The molecule has 0 atom stereocenters. The molecule has 4 rings (SSSR count). The highest BCUT2D eigenvalue weighted by molar-refractivity contribution is 5.56. The summed E-state index contributed by atoms with van der Waals surface area (Å²) in [5, 5.41) is 15.1. The molecule has 0 aliphatic carbocycles. The first-order valence-corrected chi connectivity index (χ1v) is 10.1. The molecule has 5 nitrogen and oxygen atoms in total. The van der Waals surface area contributed by atoms with E-state index in [0.29, 0.717) is 5.82 Å². The number of hydrogen-bond acceptors (Lipinski definition) is 5. The maximum atomic E-state index is 4.72. The fraction of sp³-hybridized carbons (Fsp3) is 0.348. The number of benzene rings is 2. The van der Waals surface area contributed by atoms with Gasteiger partial charge in [-0.05, 0) is 38.4 Å². The van der Waals surface area contributed by atoms with Crippen LogP contribution in [-0.2, 0) is 6.42 Å². The molecule has 5 heteroatoms. The standard InChI is InChI=1S/C18H18N4.C5H11N/c1-2-19-18-16(13-14-9-5-3-6-10-14)20-17(21-22-18)15-11-7-4-8-12-15;1-2-4-6-5-3-1/h3-12H,2,13H2,1H3,(H,19,22);6H,1-5H2. The van der Waals surface area contributed by atoms with Crippen molar-refractivity contribution >= 4 is 5.82 Å². The van der Waals surface area contributed by atoms with E-state index >= 15 is 0 Å². The highest BCUT2D eigenvalue weighted by Crippen LogP contribution is 2.19. The normalized spacial score (nSPS) is 13.3. The first kappa shape index (κ1) is 20.0. The summed E-state index contributed by atoms with van der Waals surface area (Å²) in [7, 11) is 0. The van der Waals surface area contributed by atoms with Gasteiger partial charge in [0, 0.05) is 18.5 Å². The number of rotatable bonds is 5. The summed E-state index contributed by atoms with van der Waals surface area (Å²) < 4.78 is 0. The lowest BCUT2D eigenvalue weighted by molar-refractivity contribution is 0.520. The van der Waals surface area contributed by atoms with Gasteiger partial charge in [-0.25, -0.2) is 4.98 Å². The molecule has 28 heavy (non-hydrogen) atoms. The molecule has 1 saturated heterocycles. The van der Waals surface area contributed by atoms with Gasteiger partial charge in [0.2, 0.25) is 0 Å². The lowest BCUT2D eigenvalue weighted by Gasteiger charge is -2.10. The molecule has 2 aromatic carbocycles. The highest BCUT2D eigenvalue weighted by atomic mass is 15.2. The summed E-state index contributed by atoms with van der Waals surface area (Å²) in [4.78, 5) is 4.72. The Kier molecular flexibility index (Phi) is 7.94. The van der Waals surface area contributed by atoms with E-state index in [1.807, 2.05) is 55.5 Å². The summed E-state index contributed by atoms with van der Waals surface area (Å²) in [5.74, 6) is 1.42. The summed E-state index contributed by atoms with van der Waals surface area (Å²) in [6.45, 7) is 5.34. The average molecular weight is 376 g/mol. The predicted octanol–water partition coefficient (Wildman–Crippen LogP) is 4.32. The van der Waals surface area contributed by atoms with Crippen LogP contribution < -0.4 is 10.6 Å². The molecule has 1 fully saturated rings. The van der Waals surface area contributed by atoms with Crippen molar-refractivity contribution in [3.63, 3.8) is 0 Å². The lowest BCUT2D eigenvalue weighted by atomic mass is 10.1. The first-order chi connectivity index (χ1) is 13.9. The molecule has 1 aliphatic rings. The summed E-state index contributed by atoms with van der Waals surface area (Å²) in [5.41, 5.74) is 3.11. The number of nitrogens with zero attached hydrogens (tertiary/aromatic N) is 3. The van der Waals surface area contributed by atoms with Crippen LogP contribution in [0.5, 0.6) is 0 Å². The fourth-order valence-corrected chi connectivity index (χ4v) is 3.09. The van der Waals surface area contributed by atoms with Crippen molar-refractivity contribution in [1.29, 1.82) is 0 Å². The minimum absolute atomic E-state index is 0.660. The first-order valence-electron chi connectivity index (χ1n) is 10.1. The molecule has 3 aromatic rings. The third kappa shape index (κ3) is 6.13. The maximum absolute atomic E-state index is 4.72. The Balaban J connectivity index is 0.000000320. The van der Waals surface area contributed by atoms with Gasteiger partial charge in [0.15, 0.2) is 11.6 Å². The minimum Gasteiger partial charge on any atom is -0.367 e. The number of nitrogens with one attached hydrogen (secondary N) is 2. The van der Waals surface area contributed by atoms with Crippen LogP contribution in [0.3, 0.4) is 0 Å². The van der Waals surface area contributed by atoms with Crippen LogP contribution >= 0.6 is 0 Å². The van der Waals surface area contributed by atoms with Crippen molar-refractivity contribution < 1.29 is 0 Å². The Labute approximate surface area is 167 Å². The molecular weight excluding hydrogens is 346 g/mol. The van der Waals surface area contributed by atoms with Crippen molar-refractivity contribution in [1.82, 2.24) is 20.5 Å². The Morgan fingerprint density at radius 1 is 0.857 bits per heavy atom. The van der Waals surface area contributed by atoms with Crippen molar-refractivity contribution in [3.8, 4) is 11.4 Å². The second kappa shape index (κ2) is 11.1. The molecule has 0 unspecified atom stereocenters. The summed E-state index contributed by atoms with van der Waals surface area (Å²) in [6.07, 6.45) is 4.95. The Morgan fingerprint density at radius 2 is 1.54 bits per heavy atom. The smallest absolute Gasteiger partial charge is 0.182 e. The van der Waals surface area contributed by atoms with E-state index in [4.69, 9.17) is 4.98 Å². The van der Waals surface area contributed by atoms with E-state index in [1.54, 1.807) is 0 Å². The third-order valence-corrected chi connectivity index (χ3v) is 4.56. The van der Waals surface area contributed by atoms with Crippen molar-refractivity contribution in [2.45, 2.75) is 32.6 Å². The van der Waals surface area contributed by atoms with E-state index in [9.17, 15) is 0 Å². The molecule has 2 heterocycles. The van der Waals surface area contributed by atoms with Crippen LogP contribution in [0.15, 0.2) is 60.7 Å². The quantitative estimate of drug-likeness (QED) is 0.695. The molecule has 0 spiro atoms. The van der Waals surface area contributed by atoms with Crippen LogP contribution in [-0.4, -0.2) is 34.8 Å². The van der Waals surface area contributed by atoms with E-state index in [-0.39, 0.29) is 0 Å². The summed E-state index contributed by atoms with van der Waals surface area (Å²) in [6, 6.07) is 20.2. The Morgan fingerprint density at radius 3 is 2.11 bits per heavy atom. The highest BCUT2D eigenvalue weighted by Gasteiger charge is 2.10. The van der Waals surface area contributed by atoms with Gasteiger partial charge in [0.25, 0.3) is 0 Å². The van der Waals surface area contributed by atoms with Crippen LogP contribution in [0.4, 0.5) is 5.82 Å². The molecule has 146 valence electrons. The molecule has 0 saturated carbocycles. The second-order valence-electron chi connectivity index (χ2n) is 6.80. The van der Waals surface area contributed by atoms with Crippen molar-refractivity contribution in [2.75, 3.05) is 25.0 Å². The summed E-state index contributed by atoms with van der Waals surface area (Å²) >= 11 is 0. The van der Waals surface area contributed by atoms with E-state index in [1.165, 1.54) is 37.9 Å². The number of piperidine rings is 1. The van der Waals surface area contributed by atoms with Gasteiger partial charge < -0.3 is 10.6 Å². The van der Waals surface area contributed by atoms with Gasteiger partial charge in [0.05, 0.1) is 5.69 Å². The largest absolute Gasteiger partial charge is 0.367 e. The third-order valence-electron chi connectivity index (χ3n) is 4.56. The number of hydrogen-bond donors (Lipinski definition) is 2. The Hall–Kier alpha value is -2.79. The zero-order chi connectivity index (χ0) is 19.4. The van der Waals surface area contributed by atoms with Gasteiger partial charge in [-0.15, -0.1) is 10.2 Å². The van der Waals surface area contributed by atoms with E-state index in [2.05, 4.69) is 33.0 Å². The van der Waals surface area contributed by atoms with Crippen molar-refractivity contribution in [3.05, 3.63) is 71.9 Å². The van der Waals surface area contributed by atoms with E-state index < -0.39 is 0 Å². The molecular formula is C23H29N5. The van der Waals surface area contributed by atoms with Crippen LogP contribution in [0.2, 0.25) is 0 Å². The van der Waals surface area contributed by atoms with Gasteiger partial charge in [-0.1, -0.05) is 67.1 Å². The minimum atomic E-state index is 0.660. The number of aromatic nitrogens is 3. The SMILES string of the molecule is C1CCNCC1.CCNc1nnc(-c2ccccc2)nc1Cc1ccccc1. The van der Waals surface area contributed by atoms with Gasteiger partial charge >= 0.3 is 0 Å². The molecule has 0 bridgehead atoms. The van der Waals surface area contributed by atoms with E-state index in [0.717, 1.165) is 30.0 Å². The van der Waals surface area contributed by atoms with Crippen LogP contribution in [0.1, 0.15) is 37.4 Å². The van der Waals surface area contributed by atoms with Crippen LogP contribution in [0.25, 0.3) is 11.4 Å². The molecule has 0 amide bonds. The molecule has 2 N–H and O–H groups in total. The molecule has 1 aliphatic heterocycles. The van der Waals surface area contributed by atoms with Crippen molar-refractivity contribution in [2.24, 2.45) is 0 Å². The van der Waals surface area contributed by atoms with Gasteiger partial charge in [-0.3, -0.25) is 0 Å². The monoisotopic (exact) mass is 375 g/mol. The predicted molar refractivity (Wildman–Crippen MR) is 115 cm³/mol. The lowest BCUT2D eigenvalue weighted by Crippen LogP contribution is -2.21. The zero-order valence-corrected chi connectivity index (χ0v) is 16.6. The molecule has 1 aromatic heterocycles. The topological polar surface area (TPSA) is 62.7 Å². The molecule has 0 radical (unpaired) electrons. The van der Waals surface area contributed by atoms with Crippen LogP contribution in [0, 0.1) is 0 Å². The fourth-order valence-electron chi connectivity index (χ4n) is 3.09. The maximum Gasteiger partial charge on any atom is 0.182 e. The second-order valence-corrected chi connectivity index (χ2v) is 6.80. The average Bonchev–Trinajstić information content (AvgIpc) is 2.78. The zero-order valence-electron chi connectivity index (χ0n) is 16.6. The Bertz CT molecular complexity index is 805. The number of anilines is 1. The van der Waals surface area contributed by atoms with Gasteiger partial charge in [0.1, 0.15) is 0 Å². The van der Waals surface area contributed by atoms with Gasteiger partial charge in [-0.2, -0.15) is 0 Å².